The number of rotatable bonds is 9. The maximum Gasteiger partial charge on any atom is 0.466 e. The Hall–Kier alpha value is -0.170. The van der Waals surface area contributed by atoms with E-state index in [1.807, 2.05) is 0 Å². The summed E-state index contributed by atoms with van der Waals surface area (Å²) in [7, 11) is -4.64. The van der Waals surface area contributed by atoms with Crippen molar-refractivity contribution in [3.05, 3.63) is 0 Å². The number of aliphatic hydroxyl groups is 3. The van der Waals surface area contributed by atoms with Gasteiger partial charge in [-0.15, -0.1) is 0 Å². The molecular formula is C6H18NO10P. The Morgan fingerprint density at radius 3 is 1.17 bits per heavy atom. The molecule has 0 heterocycles. The van der Waals surface area contributed by atoms with E-state index in [1.165, 1.54) is 0 Å². The molecule has 0 aromatic heterocycles. The van der Waals surface area contributed by atoms with E-state index in [0.717, 1.165) is 0 Å². The van der Waals surface area contributed by atoms with Crippen LogP contribution in [0.4, 0.5) is 0 Å². The topological polar surface area (TPSA) is 169 Å². The fourth-order valence-electron chi connectivity index (χ4n) is 0.458. The second-order valence-electron chi connectivity index (χ2n) is 2.41. The zero-order valence-electron chi connectivity index (χ0n) is 9.45. The predicted molar refractivity (Wildman–Crippen MR) is 55.2 cm³/mol. The number of phosphoric acid groups is 1. The quantitative estimate of drug-likeness (QED) is 0.191. The summed E-state index contributed by atoms with van der Waals surface area (Å²) in [5.74, 6) is 0. The van der Waals surface area contributed by atoms with Gasteiger partial charge in [0.15, 0.2) is 0 Å². The van der Waals surface area contributed by atoms with E-state index in [1.54, 1.807) is 0 Å². The van der Waals surface area contributed by atoms with Gasteiger partial charge >= 0.3 is 7.82 Å². The summed E-state index contributed by atoms with van der Waals surface area (Å²) < 4.78 is 8.88. The molecule has 0 saturated carbocycles. The van der Waals surface area contributed by atoms with Gasteiger partial charge in [-0.1, -0.05) is 0 Å². The number of nitrogens with zero attached hydrogens (tertiary/aromatic N) is 1. The standard InChI is InChI=1S/C6H15NO6.H3O4P/c8-1-4-11-7(12-5-2-9)13-6-3-10;1-5(2,3)4/h8-10H,1-6H2;(H3,1,2,3,4). The van der Waals surface area contributed by atoms with Crippen LogP contribution in [0.25, 0.3) is 0 Å². The Labute approximate surface area is 103 Å². The Balaban J connectivity index is 0. The number of hydrogen-bond donors (Lipinski definition) is 6. The molecule has 0 amide bonds. The third kappa shape index (κ3) is 24.9. The van der Waals surface area contributed by atoms with Crippen molar-refractivity contribution < 1.29 is 49.1 Å². The van der Waals surface area contributed by atoms with Crippen molar-refractivity contribution in [3.63, 3.8) is 0 Å². The molecule has 0 bridgehead atoms. The molecule has 11 nitrogen and oxygen atoms in total. The summed E-state index contributed by atoms with van der Waals surface area (Å²) in [6.07, 6.45) is 0. The molecule has 112 valence electrons. The summed E-state index contributed by atoms with van der Waals surface area (Å²) in [6.45, 7) is -0.505. The summed E-state index contributed by atoms with van der Waals surface area (Å²) >= 11 is 0. The third-order valence-corrected chi connectivity index (χ3v) is 0.864. The molecule has 0 rings (SSSR count). The van der Waals surface area contributed by atoms with Gasteiger partial charge in [-0.05, 0) is 0 Å². The SMILES string of the molecule is O=P(O)(O)O.OCCON(OCCO)OCCO. The molecule has 18 heavy (non-hydrogen) atoms. The molecule has 0 saturated heterocycles. The van der Waals surface area contributed by atoms with E-state index >= 15 is 0 Å². The Morgan fingerprint density at radius 1 is 0.778 bits per heavy atom. The van der Waals surface area contributed by atoms with Crippen molar-refractivity contribution in [3.8, 4) is 0 Å². The van der Waals surface area contributed by atoms with E-state index in [-0.39, 0.29) is 39.6 Å². The monoisotopic (exact) mass is 295 g/mol. The normalized spacial score (nSPS) is 11.3. The predicted octanol–water partition coefficient (Wildman–Crippen LogP) is -2.87. The van der Waals surface area contributed by atoms with Crippen molar-refractivity contribution in [2.75, 3.05) is 39.6 Å². The third-order valence-electron chi connectivity index (χ3n) is 0.864. The second-order valence-corrected chi connectivity index (χ2v) is 3.43. The highest BCUT2D eigenvalue weighted by Gasteiger charge is 2.05. The molecule has 0 fully saturated rings. The average molecular weight is 295 g/mol. The first-order valence-corrected chi connectivity index (χ1v) is 6.21. The van der Waals surface area contributed by atoms with Crippen molar-refractivity contribution in [2.24, 2.45) is 0 Å². The van der Waals surface area contributed by atoms with E-state index in [9.17, 15) is 0 Å². The molecule has 6 N–H and O–H groups in total. The molecule has 0 aromatic rings. The fraction of sp³-hybridized carbons (Fsp3) is 1.00. The minimum Gasteiger partial charge on any atom is -0.394 e. The summed E-state index contributed by atoms with van der Waals surface area (Å²) in [6, 6.07) is 0. The van der Waals surface area contributed by atoms with Crippen molar-refractivity contribution >= 4 is 7.82 Å². The number of aliphatic hydroxyl groups excluding tert-OH is 3. The van der Waals surface area contributed by atoms with Crippen LogP contribution in [0.5, 0.6) is 0 Å². The lowest BCUT2D eigenvalue weighted by molar-refractivity contribution is -0.527. The largest absolute Gasteiger partial charge is 0.466 e. The van der Waals surface area contributed by atoms with Crippen molar-refractivity contribution in [1.29, 1.82) is 0 Å². The lowest BCUT2D eigenvalue weighted by Crippen LogP contribution is -2.28. The summed E-state index contributed by atoms with van der Waals surface area (Å²) in [4.78, 5) is 35.7. The minimum atomic E-state index is -4.64. The number of hydrogen-bond acceptors (Lipinski definition) is 8. The lowest BCUT2D eigenvalue weighted by Gasteiger charge is -2.17. The Kier molecular flexibility index (Phi) is 14.9. The highest BCUT2D eigenvalue weighted by molar-refractivity contribution is 7.45. The minimum absolute atomic E-state index is 0.0108. The molecule has 0 aromatic carbocycles. The Bertz CT molecular complexity index is 183. The average Bonchev–Trinajstić information content (AvgIpc) is 2.26. The fourth-order valence-corrected chi connectivity index (χ4v) is 0.458. The highest BCUT2D eigenvalue weighted by atomic mass is 31.2. The van der Waals surface area contributed by atoms with Crippen LogP contribution in [0.2, 0.25) is 0 Å². The maximum atomic E-state index is 8.88. The molecule has 0 aliphatic rings. The molecule has 0 spiro atoms. The van der Waals surface area contributed by atoms with Crippen LogP contribution < -0.4 is 0 Å². The van der Waals surface area contributed by atoms with E-state index in [0.29, 0.717) is 5.39 Å². The van der Waals surface area contributed by atoms with E-state index in [4.69, 9.17) is 49.1 Å². The first kappa shape index (κ1) is 20.2. The van der Waals surface area contributed by atoms with Crippen LogP contribution in [-0.4, -0.2) is 75.0 Å². The van der Waals surface area contributed by atoms with Crippen molar-refractivity contribution in [2.45, 2.75) is 0 Å². The maximum absolute atomic E-state index is 8.88. The molecule has 0 atom stereocenters. The first-order chi connectivity index (χ1) is 8.35. The molecule has 0 unspecified atom stereocenters. The van der Waals surface area contributed by atoms with Crippen molar-refractivity contribution in [1.82, 2.24) is 5.39 Å². The molecular weight excluding hydrogens is 277 g/mol. The zero-order chi connectivity index (χ0) is 14.4. The lowest BCUT2D eigenvalue weighted by atomic mass is 10.8. The van der Waals surface area contributed by atoms with Gasteiger partial charge in [0.1, 0.15) is 0 Å². The molecule has 12 heteroatoms. The van der Waals surface area contributed by atoms with Gasteiger partial charge in [0, 0.05) is 0 Å². The van der Waals surface area contributed by atoms with Gasteiger partial charge in [0.25, 0.3) is 0 Å². The van der Waals surface area contributed by atoms with Gasteiger partial charge in [-0.25, -0.2) is 19.1 Å². The Morgan fingerprint density at radius 2 is 1.00 bits per heavy atom. The van der Waals surface area contributed by atoms with E-state index in [2.05, 4.69) is 0 Å². The first-order valence-electron chi connectivity index (χ1n) is 4.65. The van der Waals surface area contributed by atoms with Gasteiger partial charge < -0.3 is 30.0 Å². The zero-order valence-corrected chi connectivity index (χ0v) is 10.3. The highest BCUT2D eigenvalue weighted by Crippen LogP contribution is 2.25. The summed E-state index contributed by atoms with van der Waals surface area (Å²) in [5.41, 5.74) is 0. The summed E-state index contributed by atoms with van der Waals surface area (Å²) in [5, 5.41) is 25.9. The molecule has 0 aliphatic carbocycles. The van der Waals surface area contributed by atoms with Crippen LogP contribution >= 0.6 is 7.82 Å². The van der Waals surface area contributed by atoms with Gasteiger partial charge in [-0.2, -0.15) is 0 Å². The van der Waals surface area contributed by atoms with Crippen LogP contribution in [0.3, 0.4) is 0 Å². The van der Waals surface area contributed by atoms with Gasteiger partial charge in [0.05, 0.1) is 45.0 Å². The van der Waals surface area contributed by atoms with Gasteiger partial charge in [0.2, 0.25) is 0 Å². The molecule has 0 aliphatic heterocycles. The van der Waals surface area contributed by atoms with Crippen LogP contribution in [0, 0.1) is 0 Å². The van der Waals surface area contributed by atoms with Crippen LogP contribution in [0.1, 0.15) is 0 Å². The van der Waals surface area contributed by atoms with Crippen LogP contribution in [-0.2, 0) is 19.1 Å². The van der Waals surface area contributed by atoms with Gasteiger partial charge in [-0.3, -0.25) is 0 Å². The van der Waals surface area contributed by atoms with Crippen LogP contribution in [0.15, 0.2) is 0 Å². The smallest absolute Gasteiger partial charge is 0.394 e. The molecule has 0 radical (unpaired) electrons. The van der Waals surface area contributed by atoms with E-state index < -0.39 is 7.82 Å². The second kappa shape index (κ2) is 13.3.